The number of amides is 1. The third-order valence-corrected chi connectivity index (χ3v) is 5.60. The number of carbonyl (C=O) groups excluding carboxylic acids is 1. The summed E-state index contributed by atoms with van der Waals surface area (Å²) in [6.07, 6.45) is 2.52. The van der Waals surface area contributed by atoms with E-state index >= 15 is 0 Å². The molecule has 1 N–H and O–H groups in total. The van der Waals surface area contributed by atoms with Gasteiger partial charge in [-0.3, -0.25) is 19.7 Å². The highest BCUT2D eigenvalue weighted by Gasteiger charge is 2.19. The molecular weight excluding hydrogens is 392 g/mol. The standard InChI is InChI=1S/C23H24N6O2/c1-16-12-19(6-4-17(16)14-24)29-22(30)13-21(26-29)20-7-5-18(15-25-20)23(31)28-9-3-8-27(2)10-11-28/h4-7,12-13,15,26H,3,8-11H2,1-2H3. The van der Waals surface area contributed by atoms with Gasteiger partial charge in [0.1, 0.15) is 0 Å². The molecule has 0 saturated carbocycles. The zero-order chi connectivity index (χ0) is 22.0. The van der Waals surface area contributed by atoms with Crippen LogP contribution in [-0.4, -0.2) is 63.7 Å². The largest absolute Gasteiger partial charge is 0.337 e. The number of nitrogens with zero attached hydrogens (tertiary/aromatic N) is 5. The van der Waals surface area contributed by atoms with Gasteiger partial charge in [-0.2, -0.15) is 5.26 Å². The highest BCUT2D eigenvalue weighted by Crippen LogP contribution is 2.17. The predicted octanol–water partition coefficient (Wildman–Crippen LogP) is 2.19. The number of nitriles is 1. The second-order valence-electron chi connectivity index (χ2n) is 7.84. The van der Waals surface area contributed by atoms with Gasteiger partial charge < -0.3 is 9.80 Å². The zero-order valence-corrected chi connectivity index (χ0v) is 17.6. The topological polar surface area (TPSA) is 98.0 Å². The molecule has 0 radical (unpaired) electrons. The summed E-state index contributed by atoms with van der Waals surface area (Å²) in [4.78, 5) is 33.8. The second-order valence-corrected chi connectivity index (χ2v) is 7.84. The van der Waals surface area contributed by atoms with E-state index in [1.165, 1.54) is 10.7 Å². The Morgan fingerprint density at radius 3 is 2.68 bits per heavy atom. The normalized spacial score (nSPS) is 14.8. The molecule has 0 aliphatic carbocycles. The van der Waals surface area contributed by atoms with Crippen LogP contribution in [0.4, 0.5) is 0 Å². The minimum atomic E-state index is -0.227. The lowest BCUT2D eigenvalue weighted by molar-refractivity contribution is 0.0762. The number of H-pyrrole nitrogens is 1. The van der Waals surface area contributed by atoms with Crippen molar-refractivity contribution < 1.29 is 4.79 Å². The van der Waals surface area contributed by atoms with Crippen molar-refractivity contribution in [3.63, 3.8) is 0 Å². The van der Waals surface area contributed by atoms with Crippen LogP contribution >= 0.6 is 0 Å². The number of aryl methyl sites for hydroxylation is 1. The number of nitrogens with one attached hydrogen (secondary N) is 1. The van der Waals surface area contributed by atoms with Gasteiger partial charge in [-0.15, -0.1) is 0 Å². The molecule has 8 heteroatoms. The lowest BCUT2D eigenvalue weighted by Gasteiger charge is -2.20. The molecule has 0 atom stereocenters. The monoisotopic (exact) mass is 416 g/mol. The first-order valence-corrected chi connectivity index (χ1v) is 10.2. The number of hydrogen-bond donors (Lipinski definition) is 1. The van der Waals surface area contributed by atoms with Crippen LogP contribution in [0.3, 0.4) is 0 Å². The van der Waals surface area contributed by atoms with Crippen LogP contribution < -0.4 is 5.56 Å². The van der Waals surface area contributed by atoms with E-state index in [-0.39, 0.29) is 11.5 Å². The number of aromatic nitrogens is 3. The predicted molar refractivity (Wildman–Crippen MR) is 117 cm³/mol. The Balaban J connectivity index is 1.55. The van der Waals surface area contributed by atoms with E-state index in [4.69, 9.17) is 5.26 Å². The average Bonchev–Trinajstić information content (AvgIpc) is 3.03. The molecule has 1 aromatic carbocycles. The van der Waals surface area contributed by atoms with E-state index in [0.717, 1.165) is 31.6 Å². The van der Waals surface area contributed by atoms with E-state index < -0.39 is 0 Å². The smallest absolute Gasteiger partial charge is 0.271 e. The van der Waals surface area contributed by atoms with Crippen LogP contribution in [0.15, 0.2) is 47.4 Å². The van der Waals surface area contributed by atoms with Gasteiger partial charge in [0.05, 0.1) is 34.3 Å². The Bertz CT molecular complexity index is 1200. The molecule has 31 heavy (non-hydrogen) atoms. The van der Waals surface area contributed by atoms with Crippen molar-refractivity contribution in [3.05, 3.63) is 69.6 Å². The van der Waals surface area contributed by atoms with Crippen LogP contribution in [0.1, 0.15) is 27.9 Å². The van der Waals surface area contributed by atoms with Crippen molar-refractivity contribution in [1.82, 2.24) is 24.6 Å². The molecule has 2 aromatic heterocycles. The Kier molecular flexibility index (Phi) is 5.69. The molecule has 1 fully saturated rings. The van der Waals surface area contributed by atoms with E-state index in [1.807, 2.05) is 11.8 Å². The third kappa shape index (κ3) is 4.27. The number of carbonyl (C=O) groups is 1. The molecule has 158 valence electrons. The van der Waals surface area contributed by atoms with Crippen LogP contribution in [0.2, 0.25) is 0 Å². The van der Waals surface area contributed by atoms with Crippen LogP contribution in [0, 0.1) is 18.3 Å². The van der Waals surface area contributed by atoms with Gasteiger partial charge >= 0.3 is 0 Å². The molecule has 8 nitrogen and oxygen atoms in total. The van der Waals surface area contributed by atoms with Gasteiger partial charge in [-0.25, -0.2) is 4.68 Å². The van der Waals surface area contributed by atoms with E-state index in [9.17, 15) is 9.59 Å². The fraction of sp³-hybridized carbons (Fsp3) is 0.304. The lowest BCUT2D eigenvalue weighted by atomic mass is 10.1. The van der Waals surface area contributed by atoms with Gasteiger partial charge in [-0.1, -0.05) is 0 Å². The van der Waals surface area contributed by atoms with Gasteiger partial charge in [-0.05, 0) is 62.8 Å². The summed E-state index contributed by atoms with van der Waals surface area (Å²) in [5, 5.41) is 12.2. The highest BCUT2D eigenvalue weighted by molar-refractivity contribution is 5.94. The molecule has 1 saturated heterocycles. The van der Waals surface area contributed by atoms with Gasteiger partial charge in [0.25, 0.3) is 11.5 Å². The highest BCUT2D eigenvalue weighted by atomic mass is 16.2. The van der Waals surface area contributed by atoms with Crippen molar-refractivity contribution in [2.24, 2.45) is 0 Å². The molecule has 4 rings (SSSR count). The van der Waals surface area contributed by atoms with Crippen molar-refractivity contribution >= 4 is 5.91 Å². The summed E-state index contributed by atoms with van der Waals surface area (Å²) in [6, 6.07) is 12.3. The summed E-state index contributed by atoms with van der Waals surface area (Å²) in [5.41, 5.74) is 3.46. The fourth-order valence-corrected chi connectivity index (χ4v) is 3.74. The molecule has 0 spiro atoms. The summed E-state index contributed by atoms with van der Waals surface area (Å²) in [7, 11) is 2.07. The maximum Gasteiger partial charge on any atom is 0.271 e. The van der Waals surface area contributed by atoms with Crippen molar-refractivity contribution in [2.45, 2.75) is 13.3 Å². The Labute approximate surface area is 180 Å². The summed E-state index contributed by atoms with van der Waals surface area (Å²) < 4.78 is 1.41. The second kappa shape index (κ2) is 8.58. The minimum Gasteiger partial charge on any atom is -0.337 e. The molecule has 3 heterocycles. The average molecular weight is 416 g/mol. The van der Waals surface area contributed by atoms with Crippen LogP contribution in [0.25, 0.3) is 17.1 Å². The third-order valence-electron chi connectivity index (χ3n) is 5.60. The molecule has 0 bridgehead atoms. The zero-order valence-electron chi connectivity index (χ0n) is 17.6. The molecule has 1 aliphatic heterocycles. The van der Waals surface area contributed by atoms with Gasteiger partial charge in [0.15, 0.2) is 0 Å². The van der Waals surface area contributed by atoms with Crippen molar-refractivity contribution in [2.75, 3.05) is 33.2 Å². The summed E-state index contributed by atoms with van der Waals surface area (Å²) in [6.45, 7) is 5.13. The molecule has 1 aliphatic rings. The molecule has 1 amide bonds. The number of pyridine rings is 1. The number of likely N-dealkylation sites (N-methyl/N-ethyl adjacent to an activating group) is 1. The van der Waals surface area contributed by atoms with E-state index in [2.05, 4.69) is 28.1 Å². The van der Waals surface area contributed by atoms with Crippen molar-refractivity contribution in [1.29, 1.82) is 5.26 Å². The van der Waals surface area contributed by atoms with Crippen LogP contribution in [-0.2, 0) is 0 Å². The van der Waals surface area contributed by atoms with E-state index in [0.29, 0.717) is 34.7 Å². The van der Waals surface area contributed by atoms with E-state index in [1.54, 1.807) is 36.5 Å². The fourth-order valence-electron chi connectivity index (χ4n) is 3.74. The minimum absolute atomic E-state index is 0.0199. The number of benzene rings is 1. The van der Waals surface area contributed by atoms with Crippen molar-refractivity contribution in [3.8, 4) is 23.1 Å². The van der Waals surface area contributed by atoms with Gasteiger partial charge in [0, 0.05) is 31.9 Å². The molecular formula is C23H24N6O2. The summed E-state index contributed by atoms with van der Waals surface area (Å²) >= 11 is 0. The maximum atomic E-state index is 12.8. The molecule has 0 unspecified atom stereocenters. The Hall–Kier alpha value is -3.70. The maximum absolute atomic E-state index is 12.8. The first-order valence-electron chi connectivity index (χ1n) is 10.2. The van der Waals surface area contributed by atoms with Gasteiger partial charge in [0.2, 0.25) is 0 Å². The Morgan fingerprint density at radius 1 is 1.13 bits per heavy atom. The first-order chi connectivity index (χ1) is 15.0. The lowest BCUT2D eigenvalue weighted by Crippen LogP contribution is -2.34. The number of rotatable bonds is 3. The van der Waals surface area contributed by atoms with Crippen LogP contribution in [0.5, 0.6) is 0 Å². The summed E-state index contributed by atoms with van der Waals surface area (Å²) in [5.74, 6) is -0.0199. The first kappa shape index (κ1) is 20.6. The Morgan fingerprint density at radius 2 is 1.97 bits per heavy atom. The number of aromatic amines is 1. The number of hydrogen-bond acceptors (Lipinski definition) is 5. The quantitative estimate of drug-likeness (QED) is 0.706. The molecule has 3 aromatic rings. The SMILES string of the molecule is Cc1cc(-n2[nH]c(-c3ccc(C(=O)N4CCCN(C)CC4)cn3)cc2=O)ccc1C#N.